The molecule has 1 aromatic rings. The van der Waals surface area contributed by atoms with Crippen LogP contribution in [-0.4, -0.2) is 37.7 Å². The normalized spacial score (nSPS) is 27.1. The van der Waals surface area contributed by atoms with Crippen LogP contribution >= 0.6 is 0 Å². The van der Waals surface area contributed by atoms with Crippen molar-refractivity contribution in [1.82, 2.24) is 10.2 Å². The average Bonchev–Trinajstić information content (AvgIpc) is 3.15. The molecule has 1 unspecified atom stereocenters. The molecule has 4 rings (SSSR count). The fourth-order valence-corrected chi connectivity index (χ4v) is 5.01. The second-order valence-corrected chi connectivity index (χ2v) is 7.56. The lowest BCUT2D eigenvalue weighted by molar-refractivity contribution is 0.116. The summed E-state index contributed by atoms with van der Waals surface area (Å²) in [7, 11) is 1.76. The fraction of sp³-hybridized carbons (Fsp3) is 0.700. The smallest absolute Gasteiger partial charge is 0.119 e. The zero-order valence-electron chi connectivity index (χ0n) is 14.4. The van der Waals surface area contributed by atoms with E-state index in [1.807, 2.05) is 0 Å². The molecule has 3 nitrogen and oxygen atoms in total. The lowest BCUT2D eigenvalue weighted by Crippen LogP contribution is -2.44. The zero-order valence-corrected chi connectivity index (χ0v) is 14.4. The monoisotopic (exact) mass is 314 g/mol. The Morgan fingerprint density at radius 1 is 1.09 bits per heavy atom. The first kappa shape index (κ1) is 15.5. The van der Waals surface area contributed by atoms with Gasteiger partial charge in [0.25, 0.3) is 0 Å². The number of hydrogen-bond donors (Lipinski definition) is 1. The molecular weight excluding hydrogens is 284 g/mol. The predicted molar refractivity (Wildman–Crippen MR) is 94.0 cm³/mol. The Labute approximate surface area is 140 Å². The van der Waals surface area contributed by atoms with Crippen molar-refractivity contribution in [2.75, 3.05) is 26.7 Å². The van der Waals surface area contributed by atoms with Crippen molar-refractivity contribution >= 4 is 0 Å². The van der Waals surface area contributed by atoms with E-state index in [1.165, 1.54) is 62.7 Å². The minimum atomic E-state index is 0.551. The predicted octanol–water partition coefficient (Wildman–Crippen LogP) is 3.54. The Morgan fingerprint density at radius 3 is 2.61 bits per heavy atom. The molecule has 23 heavy (non-hydrogen) atoms. The van der Waals surface area contributed by atoms with Crippen LogP contribution in [0.4, 0.5) is 0 Å². The van der Waals surface area contributed by atoms with Crippen molar-refractivity contribution in [3.8, 4) is 5.75 Å². The number of nitrogens with one attached hydrogen (secondary N) is 1. The summed E-state index contributed by atoms with van der Waals surface area (Å²) in [6.07, 6.45) is 9.60. The van der Waals surface area contributed by atoms with Gasteiger partial charge in [0.05, 0.1) is 7.11 Å². The number of ether oxygens (including phenoxy) is 1. The Bertz CT molecular complexity index is 530. The molecular formula is C20H30N2O. The summed E-state index contributed by atoms with van der Waals surface area (Å²) >= 11 is 0. The van der Waals surface area contributed by atoms with Gasteiger partial charge in [0.2, 0.25) is 0 Å². The Hall–Kier alpha value is -1.06. The number of hydrogen-bond acceptors (Lipinski definition) is 3. The molecule has 126 valence electrons. The van der Waals surface area contributed by atoms with Gasteiger partial charge in [-0.05, 0) is 80.9 Å². The molecule has 0 amide bonds. The average molecular weight is 314 g/mol. The number of rotatable bonds is 3. The van der Waals surface area contributed by atoms with Gasteiger partial charge in [0.15, 0.2) is 0 Å². The first-order chi connectivity index (χ1) is 11.3. The molecule has 1 saturated heterocycles. The molecule has 0 aromatic heterocycles. The van der Waals surface area contributed by atoms with E-state index in [4.69, 9.17) is 4.74 Å². The van der Waals surface area contributed by atoms with E-state index in [-0.39, 0.29) is 0 Å². The van der Waals surface area contributed by atoms with Gasteiger partial charge in [-0.1, -0.05) is 18.9 Å². The number of fused-ring (bicyclic) bond motifs is 1. The second kappa shape index (κ2) is 6.82. The van der Waals surface area contributed by atoms with Crippen molar-refractivity contribution in [2.45, 2.75) is 57.0 Å². The lowest BCUT2D eigenvalue weighted by atomic mass is 9.81. The van der Waals surface area contributed by atoms with E-state index in [9.17, 15) is 0 Å². The molecule has 1 atom stereocenters. The molecule has 1 aliphatic carbocycles. The molecule has 2 fully saturated rings. The maximum absolute atomic E-state index is 5.40. The second-order valence-electron chi connectivity index (χ2n) is 7.56. The summed E-state index contributed by atoms with van der Waals surface area (Å²) in [5.74, 6) is 1.79. The van der Waals surface area contributed by atoms with Crippen LogP contribution in [0.5, 0.6) is 5.75 Å². The maximum Gasteiger partial charge on any atom is 0.119 e. The molecule has 3 aliphatic rings. The summed E-state index contributed by atoms with van der Waals surface area (Å²) in [5.41, 5.74) is 3.02. The molecule has 0 spiro atoms. The van der Waals surface area contributed by atoms with Crippen molar-refractivity contribution in [1.29, 1.82) is 0 Å². The SMILES string of the molecule is COc1ccc2c(c1)CCNC2C1CCN(C2CCCC2)CC1. The first-order valence-electron chi connectivity index (χ1n) is 9.49. The van der Waals surface area contributed by atoms with Crippen LogP contribution in [0.1, 0.15) is 55.7 Å². The Kier molecular flexibility index (Phi) is 4.59. The van der Waals surface area contributed by atoms with E-state index in [2.05, 4.69) is 28.4 Å². The summed E-state index contributed by atoms with van der Waals surface area (Å²) in [6, 6.07) is 8.12. The van der Waals surface area contributed by atoms with Crippen LogP contribution in [-0.2, 0) is 6.42 Å². The number of methoxy groups -OCH3 is 1. The van der Waals surface area contributed by atoms with Crippen LogP contribution < -0.4 is 10.1 Å². The van der Waals surface area contributed by atoms with E-state index < -0.39 is 0 Å². The fourth-order valence-electron chi connectivity index (χ4n) is 5.01. The first-order valence-corrected chi connectivity index (χ1v) is 9.49. The van der Waals surface area contributed by atoms with Crippen LogP contribution in [0.2, 0.25) is 0 Å². The minimum absolute atomic E-state index is 0.551. The molecule has 1 aromatic carbocycles. The van der Waals surface area contributed by atoms with Gasteiger partial charge in [-0.3, -0.25) is 0 Å². The molecule has 1 saturated carbocycles. The highest BCUT2D eigenvalue weighted by atomic mass is 16.5. The Morgan fingerprint density at radius 2 is 1.87 bits per heavy atom. The highest BCUT2D eigenvalue weighted by molar-refractivity contribution is 5.39. The molecule has 1 N–H and O–H groups in total. The molecule has 2 heterocycles. The zero-order chi connectivity index (χ0) is 15.6. The molecule has 0 radical (unpaired) electrons. The van der Waals surface area contributed by atoms with Crippen molar-refractivity contribution < 1.29 is 4.74 Å². The quantitative estimate of drug-likeness (QED) is 0.923. The standard InChI is InChI=1S/C20H30N2O/c1-23-18-6-7-19-16(14-18)8-11-21-20(19)15-9-12-22(13-10-15)17-4-2-3-5-17/h6-7,14-15,17,20-21H,2-5,8-13H2,1H3. The number of likely N-dealkylation sites (tertiary alicyclic amines) is 1. The summed E-state index contributed by atoms with van der Waals surface area (Å²) in [4.78, 5) is 2.78. The van der Waals surface area contributed by atoms with Crippen molar-refractivity contribution in [2.24, 2.45) is 5.92 Å². The van der Waals surface area contributed by atoms with Gasteiger partial charge in [-0.25, -0.2) is 0 Å². The van der Waals surface area contributed by atoms with Crippen molar-refractivity contribution in [3.63, 3.8) is 0 Å². The third-order valence-corrected chi connectivity index (χ3v) is 6.33. The minimum Gasteiger partial charge on any atom is -0.497 e. The number of benzene rings is 1. The van der Waals surface area contributed by atoms with Crippen LogP contribution in [0.3, 0.4) is 0 Å². The topological polar surface area (TPSA) is 24.5 Å². The van der Waals surface area contributed by atoms with Gasteiger partial charge < -0.3 is 15.0 Å². The van der Waals surface area contributed by atoms with E-state index in [0.29, 0.717) is 6.04 Å². The van der Waals surface area contributed by atoms with Crippen LogP contribution in [0, 0.1) is 5.92 Å². The van der Waals surface area contributed by atoms with Gasteiger partial charge in [-0.2, -0.15) is 0 Å². The summed E-state index contributed by atoms with van der Waals surface area (Å²) in [5, 5.41) is 3.81. The Balaban J connectivity index is 1.44. The molecule has 0 bridgehead atoms. The highest BCUT2D eigenvalue weighted by Crippen LogP contribution is 2.37. The molecule has 3 heteroatoms. The van der Waals surface area contributed by atoms with Gasteiger partial charge >= 0.3 is 0 Å². The van der Waals surface area contributed by atoms with Crippen LogP contribution in [0.15, 0.2) is 18.2 Å². The van der Waals surface area contributed by atoms with Crippen LogP contribution in [0.25, 0.3) is 0 Å². The van der Waals surface area contributed by atoms with Gasteiger partial charge in [0, 0.05) is 12.1 Å². The largest absolute Gasteiger partial charge is 0.497 e. The number of piperidine rings is 1. The highest BCUT2D eigenvalue weighted by Gasteiger charge is 2.33. The third kappa shape index (κ3) is 3.14. The van der Waals surface area contributed by atoms with Gasteiger partial charge in [-0.15, -0.1) is 0 Å². The third-order valence-electron chi connectivity index (χ3n) is 6.33. The summed E-state index contributed by atoms with van der Waals surface area (Å²) < 4.78 is 5.40. The number of nitrogens with zero attached hydrogens (tertiary/aromatic N) is 1. The maximum atomic E-state index is 5.40. The van der Waals surface area contributed by atoms with Gasteiger partial charge in [0.1, 0.15) is 5.75 Å². The summed E-state index contributed by atoms with van der Waals surface area (Å²) in [6.45, 7) is 3.71. The lowest BCUT2D eigenvalue weighted by Gasteiger charge is -2.41. The van der Waals surface area contributed by atoms with Crippen molar-refractivity contribution in [3.05, 3.63) is 29.3 Å². The van der Waals surface area contributed by atoms with E-state index >= 15 is 0 Å². The molecule has 2 aliphatic heterocycles. The van der Waals surface area contributed by atoms with E-state index in [1.54, 1.807) is 7.11 Å². The van der Waals surface area contributed by atoms with E-state index in [0.717, 1.165) is 30.7 Å².